The highest BCUT2D eigenvalue weighted by Gasteiger charge is 2.39. The molecule has 110 valence electrons. The van der Waals surface area contributed by atoms with Gasteiger partial charge in [-0.1, -0.05) is 32.4 Å². The molecule has 1 aliphatic rings. The quantitative estimate of drug-likeness (QED) is 0.931. The number of hydrogen-bond acceptors (Lipinski definition) is 3. The maximum atomic E-state index is 12.4. The van der Waals surface area contributed by atoms with Gasteiger partial charge in [0.25, 0.3) is 0 Å². The maximum Gasteiger partial charge on any atom is 0.246 e. The van der Waals surface area contributed by atoms with Crippen LogP contribution >= 0.6 is 22.9 Å². The van der Waals surface area contributed by atoms with Crippen molar-refractivity contribution in [2.45, 2.75) is 33.2 Å². The van der Waals surface area contributed by atoms with Crippen LogP contribution in [0.1, 0.15) is 25.6 Å². The fourth-order valence-electron chi connectivity index (χ4n) is 2.21. The van der Waals surface area contributed by atoms with Gasteiger partial charge in [-0.25, -0.2) is 0 Å². The average molecular weight is 315 g/mol. The lowest BCUT2D eigenvalue weighted by Crippen LogP contribution is -2.62. The van der Waals surface area contributed by atoms with Crippen molar-refractivity contribution < 1.29 is 9.59 Å². The lowest BCUT2D eigenvalue weighted by atomic mass is 9.85. The first-order chi connectivity index (χ1) is 9.27. The summed E-state index contributed by atoms with van der Waals surface area (Å²) in [4.78, 5) is 27.0. The van der Waals surface area contributed by atoms with E-state index >= 15 is 0 Å². The third kappa shape index (κ3) is 3.52. The summed E-state index contributed by atoms with van der Waals surface area (Å²) in [6.07, 6.45) is 0.729. The Balaban J connectivity index is 2.03. The highest BCUT2D eigenvalue weighted by molar-refractivity contribution is 7.16. The second-order valence-electron chi connectivity index (χ2n) is 6.08. The van der Waals surface area contributed by atoms with Crippen LogP contribution in [0.15, 0.2) is 12.1 Å². The highest BCUT2D eigenvalue weighted by atomic mass is 35.5. The lowest BCUT2D eigenvalue weighted by molar-refractivity contribution is -0.147. The topological polar surface area (TPSA) is 49.4 Å². The van der Waals surface area contributed by atoms with Crippen LogP contribution in [0.2, 0.25) is 4.34 Å². The molecule has 1 unspecified atom stereocenters. The highest BCUT2D eigenvalue weighted by Crippen LogP contribution is 2.25. The molecule has 1 saturated heterocycles. The minimum Gasteiger partial charge on any atom is -0.342 e. The Morgan fingerprint density at radius 1 is 1.40 bits per heavy atom. The van der Waals surface area contributed by atoms with Crippen LogP contribution in [0.5, 0.6) is 0 Å². The molecule has 1 fully saturated rings. The minimum atomic E-state index is -0.448. The summed E-state index contributed by atoms with van der Waals surface area (Å²) in [6.45, 7) is 6.56. The zero-order valence-corrected chi connectivity index (χ0v) is 13.5. The maximum absolute atomic E-state index is 12.4. The molecule has 20 heavy (non-hydrogen) atoms. The zero-order valence-electron chi connectivity index (χ0n) is 11.9. The van der Waals surface area contributed by atoms with Gasteiger partial charge in [-0.3, -0.25) is 9.59 Å². The van der Waals surface area contributed by atoms with Crippen molar-refractivity contribution in [1.82, 2.24) is 10.2 Å². The molecule has 1 N–H and O–H groups in total. The summed E-state index contributed by atoms with van der Waals surface area (Å²) < 4.78 is 0.746. The van der Waals surface area contributed by atoms with Gasteiger partial charge in [0.2, 0.25) is 11.8 Å². The number of carbonyl (C=O) groups is 2. The molecule has 6 heteroatoms. The van der Waals surface area contributed by atoms with Gasteiger partial charge in [0, 0.05) is 11.4 Å². The minimum absolute atomic E-state index is 0.000229. The van der Waals surface area contributed by atoms with E-state index in [0.29, 0.717) is 6.54 Å². The van der Waals surface area contributed by atoms with Crippen LogP contribution in [0.4, 0.5) is 0 Å². The van der Waals surface area contributed by atoms with E-state index in [0.717, 1.165) is 15.6 Å². The van der Waals surface area contributed by atoms with Crippen molar-refractivity contribution in [3.05, 3.63) is 21.3 Å². The Hall–Kier alpha value is -1.07. The number of thiophene rings is 1. The molecule has 2 amide bonds. The van der Waals surface area contributed by atoms with E-state index < -0.39 is 6.04 Å². The van der Waals surface area contributed by atoms with Gasteiger partial charge in [-0.05, 0) is 24.0 Å². The van der Waals surface area contributed by atoms with Gasteiger partial charge in [0.1, 0.15) is 6.04 Å². The standard InChI is InChI=1S/C14H19ClN2O2S/c1-14(2,3)12-13(19)17(8-11(18)16-12)7-6-9-4-5-10(15)20-9/h4-5,12H,6-8H2,1-3H3,(H,16,18). The molecular weight excluding hydrogens is 296 g/mol. The Morgan fingerprint density at radius 3 is 2.65 bits per heavy atom. The molecule has 0 saturated carbocycles. The van der Waals surface area contributed by atoms with Crippen molar-refractivity contribution in [3.8, 4) is 0 Å². The van der Waals surface area contributed by atoms with Crippen LogP contribution in [-0.4, -0.2) is 35.8 Å². The summed E-state index contributed by atoms with van der Waals surface area (Å²) in [6, 6.07) is 3.36. The average Bonchev–Trinajstić information content (AvgIpc) is 2.74. The SMILES string of the molecule is CC(C)(C)C1NC(=O)CN(CCc2ccc(Cl)s2)C1=O. The summed E-state index contributed by atoms with van der Waals surface area (Å²) in [5, 5.41) is 2.79. The van der Waals surface area contributed by atoms with Crippen LogP contribution in [0, 0.1) is 5.41 Å². The number of nitrogens with one attached hydrogen (secondary N) is 1. The molecular formula is C14H19ClN2O2S. The smallest absolute Gasteiger partial charge is 0.246 e. The monoisotopic (exact) mass is 314 g/mol. The number of halogens is 1. The molecule has 4 nitrogen and oxygen atoms in total. The van der Waals surface area contributed by atoms with E-state index in [1.807, 2.05) is 32.9 Å². The lowest BCUT2D eigenvalue weighted by Gasteiger charge is -2.38. The number of amides is 2. The van der Waals surface area contributed by atoms with Gasteiger partial charge in [-0.15, -0.1) is 11.3 Å². The van der Waals surface area contributed by atoms with Gasteiger partial charge < -0.3 is 10.2 Å². The number of carbonyl (C=O) groups excluding carboxylic acids is 2. The van der Waals surface area contributed by atoms with Crippen molar-refractivity contribution in [1.29, 1.82) is 0 Å². The predicted molar refractivity (Wildman–Crippen MR) is 81.0 cm³/mol. The predicted octanol–water partition coefficient (Wildman–Crippen LogP) is 2.32. The second kappa shape index (κ2) is 5.74. The number of nitrogens with zero attached hydrogens (tertiary/aromatic N) is 1. The molecule has 1 aliphatic heterocycles. The van der Waals surface area contributed by atoms with Gasteiger partial charge >= 0.3 is 0 Å². The fraction of sp³-hybridized carbons (Fsp3) is 0.571. The molecule has 0 spiro atoms. The van der Waals surface area contributed by atoms with Gasteiger partial charge in [0.05, 0.1) is 10.9 Å². The van der Waals surface area contributed by atoms with Crippen LogP contribution in [0.25, 0.3) is 0 Å². The Morgan fingerprint density at radius 2 is 2.10 bits per heavy atom. The van der Waals surface area contributed by atoms with E-state index in [1.54, 1.807) is 4.90 Å². The van der Waals surface area contributed by atoms with Gasteiger partial charge in [0.15, 0.2) is 0 Å². The normalized spacial score (nSPS) is 20.2. The Bertz CT molecular complexity index is 521. The molecule has 0 bridgehead atoms. The van der Waals surface area contributed by atoms with E-state index in [-0.39, 0.29) is 23.8 Å². The van der Waals surface area contributed by atoms with E-state index in [9.17, 15) is 9.59 Å². The van der Waals surface area contributed by atoms with E-state index in [2.05, 4.69) is 5.32 Å². The van der Waals surface area contributed by atoms with E-state index in [4.69, 9.17) is 11.6 Å². The first-order valence-electron chi connectivity index (χ1n) is 6.60. The molecule has 1 aromatic heterocycles. The number of piperazine rings is 1. The molecule has 2 heterocycles. The van der Waals surface area contributed by atoms with Crippen molar-refractivity contribution in [2.24, 2.45) is 5.41 Å². The molecule has 0 aliphatic carbocycles. The van der Waals surface area contributed by atoms with Crippen LogP contribution in [0.3, 0.4) is 0 Å². The van der Waals surface area contributed by atoms with Crippen molar-refractivity contribution in [2.75, 3.05) is 13.1 Å². The third-order valence-electron chi connectivity index (χ3n) is 3.32. The number of rotatable bonds is 3. The first-order valence-corrected chi connectivity index (χ1v) is 7.79. The molecule has 0 aromatic carbocycles. The molecule has 1 atom stereocenters. The summed E-state index contributed by atoms with van der Waals surface area (Å²) in [5.41, 5.74) is -0.280. The fourth-order valence-corrected chi connectivity index (χ4v) is 3.29. The van der Waals surface area contributed by atoms with Crippen LogP contribution < -0.4 is 5.32 Å². The molecule has 1 aromatic rings. The van der Waals surface area contributed by atoms with Crippen molar-refractivity contribution in [3.63, 3.8) is 0 Å². The molecule has 0 radical (unpaired) electrons. The zero-order chi connectivity index (χ0) is 14.9. The second-order valence-corrected chi connectivity index (χ2v) is 7.88. The van der Waals surface area contributed by atoms with E-state index in [1.165, 1.54) is 11.3 Å². The van der Waals surface area contributed by atoms with Crippen molar-refractivity contribution >= 4 is 34.8 Å². The van der Waals surface area contributed by atoms with Crippen LogP contribution in [-0.2, 0) is 16.0 Å². The third-order valence-corrected chi connectivity index (χ3v) is 4.61. The van der Waals surface area contributed by atoms with Gasteiger partial charge in [-0.2, -0.15) is 0 Å². The summed E-state index contributed by atoms with van der Waals surface area (Å²) >= 11 is 7.40. The summed E-state index contributed by atoms with van der Waals surface area (Å²) in [5.74, 6) is -0.0894. The summed E-state index contributed by atoms with van der Waals surface area (Å²) in [7, 11) is 0. The Labute approximate surface area is 128 Å². The molecule has 2 rings (SSSR count). The first kappa shape index (κ1) is 15.3. The number of hydrogen-bond donors (Lipinski definition) is 1. The largest absolute Gasteiger partial charge is 0.342 e. The Kier molecular flexibility index (Phi) is 4.39.